The smallest absolute Gasteiger partial charge is 0.315 e. The normalized spacial score (nSPS) is 12.9. The molecule has 0 rings (SSSR count). The molecule has 0 aliphatic heterocycles. The Morgan fingerprint density at radius 1 is 1.35 bits per heavy atom. The Kier molecular flexibility index (Phi) is 6.79. The van der Waals surface area contributed by atoms with Crippen molar-refractivity contribution < 1.29 is 18.9 Å². The number of carboxylic acid groups (broad SMARTS) is 1. The Bertz CT molecular complexity index is 305. The first-order valence-corrected chi connectivity index (χ1v) is 6.88. The average Bonchev–Trinajstić information content (AvgIpc) is 2.14. The van der Waals surface area contributed by atoms with Crippen molar-refractivity contribution in [2.75, 3.05) is 18.1 Å². The van der Waals surface area contributed by atoms with Gasteiger partial charge in [0.05, 0.1) is 6.42 Å². The molecule has 1 atom stereocenters. The van der Waals surface area contributed by atoms with E-state index in [1.54, 1.807) is 13.8 Å². The van der Waals surface area contributed by atoms with E-state index in [0.29, 0.717) is 18.1 Å². The fourth-order valence-corrected chi connectivity index (χ4v) is 1.81. The van der Waals surface area contributed by atoms with E-state index in [9.17, 15) is 13.8 Å². The van der Waals surface area contributed by atoms with E-state index < -0.39 is 28.3 Å². The highest BCUT2D eigenvalue weighted by Crippen LogP contribution is 2.07. The maximum absolute atomic E-state index is 11.4. The van der Waals surface area contributed by atoms with Crippen LogP contribution in [0.2, 0.25) is 0 Å². The number of hydrogen-bond donors (Lipinski definition) is 3. The molecule has 0 aromatic carbocycles. The van der Waals surface area contributed by atoms with Crippen LogP contribution in [0.5, 0.6) is 0 Å². The lowest BCUT2D eigenvalue weighted by molar-refractivity contribution is -0.138. The van der Waals surface area contributed by atoms with Crippen LogP contribution in [-0.2, 0) is 15.6 Å². The van der Waals surface area contributed by atoms with E-state index in [1.807, 2.05) is 6.92 Å². The van der Waals surface area contributed by atoms with Gasteiger partial charge in [0.2, 0.25) is 0 Å². The van der Waals surface area contributed by atoms with Gasteiger partial charge in [-0.15, -0.1) is 0 Å². The van der Waals surface area contributed by atoms with Crippen LogP contribution >= 0.6 is 0 Å². The maximum Gasteiger partial charge on any atom is 0.315 e. The van der Waals surface area contributed by atoms with Crippen LogP contribution in [0.3, 0.4) is 0 Å². The first-order chi connectivity index (χ1) is 7.76. The maximum atomic E-state index is 11.4. The molecule has 0 fully saturated rings. The molecule has 0 saturated heterocycles. The van der Waals surface area contributed by atoms with E-state index in [0.717, 1.165) is 0 Å². The van der Waals surface area contributed by atoms with E-state index >= 15 is 0 Å². The minimum atomic E-state index is -0.970. The SMILES string of the molecule is CCS(=O)CCNC(=O)NC(C)(C)CC(=O)O. The van der Waals surface area contributed by atoms with E-state index in [4.69, 9.17) is 5.11 Å². The van der Waals surface area contributed by atoms with Crippen molar-refractivity contribution in [1.82, 2.24) is 10.6 Å². The van der Waals surface area contributed by atoms with Gasteiger partial charge in [0.1, 0.15) is 0 Å². The van der Waals surface area contributed by atoms with Gasteiger partial charge < -0.3 is 15.7 Å². The van der Waals surface area contributed by atoms with Crippen LogP contribution in [0.15, 0.2) is 0 Å². The van der Waals surface area contributed by atoms with Gasteiger partial charge in [-0.1, -0.05) is 6.92 Å². The second-order valence-corrected chi connectivity index (χ2v) is 6.13. The predicted octanol–water partition coefficient (Wildman–Crippen LogP) is 0.308. The van der Waals surface area contributed by atoms with Gasteiger partial charge in [0.25, 0.3) is 0 Å². The highest BCUT2D eigenvalue weighted by atomic mass is 32.2. The third kappa shape index (κ3) is 8.67. The van der Waals surface area contributed by atoms with Crippen molar-refractivity contribution in [1.29, 1.82) is 0 Å². The van der Waals surface area contributed by atoms with Crippen molar-refractivity contribution >= 4 is 22.8 Å². The monoisotopic (exact) mass is 264 g/mol. The fraction of sp³-hybridized carbons (Fsp3) is 0.800. The number of hydrogen-bond acceptors (Lipinski definition) is 3. The molecule has 0 saturated carbocycles. The minimum absolute atomic E-state index is 0.151. The molecular weight excluding hydrogens is 244 g/mol. The quantitative estimate of drug-likeness (QED) is 0.616. The molecule has 0 aromatic heterocycles. The lowest BCUT2D eigenvalue weighted by Crippen LogP contribution is -2.50. The summed E-state index contributed by atoms with van der Waals surface area (Å²) in [6, 6.07) is -0.440. The highest BCUT2D eigenvalue weighted by molar-refractivity contribution is 7.84. The van der Waals surface area contributed by atoms with Crippen LogP contribution in [0.4, 0.5) is 4.79 Å². The molecular formula is C10H20N2O4S. The molecule has 17 heavy (non-hydrogen) atoms. The Labute approximate surface area is 104 Å². The Balaban J connectivity index is 3.93. The van der Waals surface area contributed by atoms with Crippen LogP contribution in [0.1, 0.15) is 27.2 Å². The van der Waals surface area contributed by atoms with E-state index in [-0.39, 0.29) is 6.42 Å². The van der Waals surface area contributed by atoms with Crippen LogP contribution in [-0.4, -0.2) is 44.9 Å². The molecule has 7 heteroatoms. The number of amides is 2. The topological polar surface area (TPSA) is 95.5 Å². The molecule has 0 aromatic rings. The number of carboxylic acids is 1. The van der Waals surface area contributed by atoms with Gasteiger partial charge in [-0.25, -0.2) is 4.79 Å². The van der Waals surface area contributed by atoms with Gasteiger partial charge in [-0.2, -0.15) is 0 Å². The molecule has 3 N–H and O–H groups in total. The average molecular weight is 264 g/mol. The van der Waals surface area contributed by atoms with Gasteiger partial charge in [-0.3, -0.25) is 9.00 Å². The number of carbonyl (C=O) groups is 2. The molecule has 6 nitrogen and oxygen atoms in total. The third-order valence-electron chi connectivity index (χ3n) is 1.98. The number of carbonyl (C=O) groups excluding carboxylic acids is 1. The second-order valence-electron chi connectivity index (χ2n) is 4.27. The summed E-state index contributed by atoms with van der Waals surface area (Å²) < 4.78 is 11.1. The Morgan fingerprint density at radius 3 is 2.41 bits per heavy atom. The van der Waals surface area contributed by atoms with Crippen LogP contribution in [0, 0.1) is 0 Å². The molecule has 0 bridgehead atoms. The zero-order valence-electron chi connectivity index (χ0n) is 10.4. The fourth-order valence-electron chi connectivity index (χ4n) is 1.20. The van der Waals surface area contributed by atoms with Crippen molar-refractivity contribution in [3.63, 3.8) is 0 Å². The van der Waals surface area contributed by atoms with Crippen LogP contribution < -0.4 is 10.6 Å². The van der Waals surface area contributed by atoms with Crippen molar-refractivity contribution in [2.45, 2.75) is 32.7 Å². The summed E-state index contributed by atoms with van der Waals surface area (Å²) in [4.78, 5) is 21.9. The number of rotatable bonds is 7. The first-order valence-electron chi connectivity index (χ1n) is 5.39. The van der Waals surface area contributed by atoms with Crippen molar-refractivity contribution in [2.24, 2.45) is 0 Å². The zero-order chi connectivity index (χ0) is 13.5. The standard InChI is InChI=1S/C10H20N2O4S/c1-4-17(16)6-5-11-9(15)12-10(2,3)7-8(13)14/h4-7H2,1-3H3,(H,13,14)(H2,11,12,15). The lowest BCUT2D eigenvalue weighted by atomic mass is 10.0. The van der Waals surface area contributed by atoms with Gasteiger partial charge in [-0.05, 0) is 13.8 Å². The van der Waals surface area contributed by atoms with Crippen molar-refractivity contribution in [3.05, 3.63) is 0 Å². The first kappa shape index (κ1) is 15.9. The summed E-state index contributed by atoms with van der Waals surface area (Å²) in [5.74, 6) is -0.000682. The van der Waals surface area contributed by atoms with Gasteiger partial charge >= 0.3 is 12.0 Å². The van der Waals surface area contributed by atoms with Crippen molar-refractivity contribution in [3.8, 4) is 0 Å². The molecule has 1 unspecified atom stereocenters. The summed E-state index contributed by atoms with van der Waals surface area (Å²) in [7, 11) is -0.912. The number of nitrogens with one attached hydrogen (secondary N) is 2. The number of aliphatic carboxylic acids is 1. The summed E-state index contributed by atoms with van der Waals surface area (Å²) in [5.41, 5.74) is -0.806. The largest absolute Gasteiger partial charge is 0.481 e. The minimum Gasteiger partial charge on any atom is -0.481 e. The molecule has 2 amide bonds. The van der Waals surface area contributed by atoms with Gasteiger partial charge in [0.15, 0.2) is 0 Å². The summed E-state index contributed by atoms with van der Waals surface area (Å²) >= 11 is 0. The lowest BCUT2D eigenvalue weighted by Gasteiger charge is -2.24. The molecule has 0 radical (unpaired) electrons. The molecule has 0 aliphatic rings. The summed E-state index contributed by atoms with van der Waals surface area (Å²) in [6.45, 7) is 5.39. The van der Waals surface area contributed by atoms with E-state index in [2.05, 4.69) is 10.6 Å². The molecule has 0 aliphatic carbocycles. The Hall–Kier alpha value is -1.11. The predicted molar refractivity (Wildman–Crippen MR) is 66.4 cm³/mol. The highest BCUT2D eigenvalue weighted by Gasteiger charge is 2.23. The summed E-state index contributed by atoms with van der Waals surface area (Å²) in [6.07, 6.45) is -0.151. The van der Waals surface area contributed by atoms with Gasteiger partial charge in [0, 0.05) is 34.4 Å². The number of urea groups is 1. The Morgan fingerprint density at radius 2 is 1.94 bits per heavy atom. The summed E-state index contributed by atoms with van der Waals surface area (Å²) in [5, 5.41) is 13.7. The molecule has 100 valence electrons. The third-order valence-corrected chi connectivity index (χ3v) is 3.29. The molecule has 0 spiro atoms. The second kappa shape index (κ2) is 7.26. The molecule has 0 heterocycles. The zero-order valence-corrected chi connectivity index (χ0v) is 11.2. The van der Waals surface area contributed by atoms with Crippen LogP contribution in [0.25, 0.3) is 0 Å². The van der Waals surface area contributed by atoms with E-state index in [1.165, 1.54) is 0 Å².